The fourth-order valence-corrected chi connectivity index (χ4v) is 6.08. The Morgan fingerprint density at radius 2 is 1.50 bits per heavy atom. The van der Waals surface area contributed by atoms with Crippen LogP contribution in [0, 0.1) is 5.41 Å². The number of fused-ring (bicyclic) bond motifs is 1. The quantitative estimate of drug-likeness (QED) is 0.453. The third-order valence-electron chi connectivity index (χ3n) is 7.68. The van der Waals surface area contributed by atoms with Crippen molar-refractivity contribution in [3.63, 3.8) is 0 Å². The highest BCUT2D eigenvalue weighted by Gasteiger charge is 2.31. The van der Waals surface area contributed by atoms with Crippen LogP contribution in [0.4, 0.5) is 0 Å². The Hall–Kier alpha value is -1.82. The fraction of sp³-hybridized carbons (Fsp3) is 0.533. The molecule has 160 valence electrons. The first kappa shape index (κ1) is 21.4. The standard InChI is InChI=1S/C30H40/c1-3-18-30(19-9-7-5-6-8-10-20-30)23-25-21-27-12-11-13-28(29(27)22-25)26-16-14-24(4-2)15-17-26/h11-17,22H,3-10,18-21,23H2,1-2H3. The number of aryl methyl sites for hydroxylation is 1. The highest BCUT2D eigenvalue weighted by atomic mass is 14.4. The zero-order chi connectivity index (χ0) is 20.8. The molecule has 2 aliphatic carbocycles. The zero-order valence-electron chi connectivity index (χ0n) is 19.3. The molecule has 1 fully saturated rings. The van der Waals surface area contributed by atoms with Crippen LogP contribution in [0.15, 0.2) is 48.0 Å². The summed E-state index contributed by atoms with van der Waals surface area (Å²) in [5.74, 6) is 0. The molecule has 0 aliphatic heterocycles. The summed E-state index contributed by atoms with van der Waals surface area (Å²) >= 11 is 0. The number of hydrogen-bond donors (Lipinski definition) is 0. The lowest BCUT2D eigenvalue weighted by atomic mass is 9.70. The minimum atomic E-state index is 0.551. The largest absolute Gasteiger partial charge is 0.0654 e. The van der Waals surface area contributed by atoms with Crippen molar-refractivity contribution in [1.29, 1.82) is 0 Å². The van der Waals surface area contributed by atoms with Gasteiger partial charge in [-0.05, 0) is 71.8 Å². The van der Waals surface area contributed by atoms with E-state index < -0.39 is 0 Å². The summed E-state index contributed by atoms with van der Waals surface area (Å²) in [6.45, 7) is 4.62. The summed E-state index contributed by atoms with van der Waals surface area (Å²) in [4.78, 5) is 0. The van der Waals surface area contributed by atoms with Gasteiger partial charge < -0.3 is 0 Å². The van der Waals surface area contributed by atoms with E-state index in [0.717, 1.165) is 6.42 Å². The van der Waals surface area contributed by atoms with Gasteiger partial charge in [0, 0.05) is 0 Å². The van der Waals surface area contributed by atoms with Gasteiger partial charge in [-0.15, -0.1) is 0 Å². The van der Waals surface area contributed by atoms with E-state index in [1.807, 2.05) is 0 Å². The number of benzene rings is 2. The minimum Gasteiger partial charge on any atom is -0.0654 e. The second-order valence-electron chi connectivity index (χ2n) is 9.96. The van der Waals surface area contributed by atoms with Crippen molar-refractivity contribution in [3.05, 3.63) is 64.7 Å². The molecule has 2 aromatic carbocycles. The third-order valence-corrected chi connectivity index (χ3v) is 7.68. The van der Waals surface area contributed by atoms with E-state index in [1.165, 1.54) is 105 Å². The summed E-state index contributed by atoms with van der Waals surface area (Å²) in [5, 5.41) is 0. The molecular formula is C30H40. The van der Waals surface area contributed by atoms with Crippen LogP contribution in [0.25, 0.3) is 17.2 Å². The molecule has 4 rings (SSSR count). The predicted molar refractivity (Wildman–Crippen MR) is 132 cm³/mol. The molecule has 0 spiro atoms. The van der Waals surface area contributed by atoms with E-state index in [-0.39, 0.29) is 0 Å². The van der Waals surface area contributed by atoms with Gasteiger partial charge in [-0.2, -0.15) is 0 Å². The van der Waals surface area contributed by atoms with Gasteiger partial charge in [0.25, 0.3) is 0 Å². The maximum atomic E-state index is 2.57. The Labute approximate surface area is 184 Å². The Bertz CT molecular complexity index is 842. The summed E-state index contributed by atoms with van der Waals surface area (Å²) < 4.78 is 0. The van der Waals surface area contributed by atoms with Crippen LogP contribution in [0.3, 0.4) is 0 Å². The average molecular weight is 401 g/mol. The summed E-state index contributed by atoms with van der Waals surface area (Å²) in [6.07, 6.45) is 20.5. The Morgan fingerprint density at radius 3 is 2.17 bits per heavy atom. The van der Waals surface area contributed by atoms with E-state index in [2.05, 4.69) is 62.4 Å². The number of hydrogen-bond acceptors (Lipinski definition) is 0. The van der Waals surface area contributed by atoms with Crippen LogP contribution in [0.1, 0.15) is 101 Å². The van der Waals surface area contributed by atoms with E-state index >= 15 is 0 Å². The minimum absolute atomic E-state index is 0.551. The van der Waals surface area contributed by atoms with Crippen LogP contribution in [-0.2, 0) is 12.8 Å². The first-order valence-corrected chi connectivity index (χ1v) is 12.6. The Morgan fingerprint density at radius 1 is 0.800 bits per heavy atom. The van der Waals surface area contributed by atoms with Crippen molar-refractivity contribution in [2.45, 2.75) is 97.3 Å². The topological polar surface area (TPSA) is 0 Å². The van der Waals surface area contributed by atoms with Gasteiger partial charge in [0.2, 0.25) is 0 Å². The van der Waals surface area contributed by atoms with Gasteiger partial charge in [0.05, 0.1) is 0 Å². The monoisotopic (exact) mass is 400 g/mol. The lowest BCUT2D eigenvalue weighted by Gasteiger charge is -2.34. The van der Waals surface area contributed by atoms with Crippen LogP contribution in [0.5, 0.6) is 0 Å². The molecule has 0 unspecified atom stereocenters. The van der Waals surface area contributed by atoms with E-state index in [1.54, 1.807) is 5.57 Å². The van der Waals surface area contributed by atoms with E-state index in [4.69, 9.17) is 0 Å². The molecule has 0 amide bonds. The maximum Gasteiger partial charge on any atom is -0.00574 e. The lowest BCUT2D eigenvalue weighted by molar-refractivity contribution is 0.203. The smallest absolute Gasteiger partial charge is 0.00574 e. The van der Waals surface area contributed by atoms with Crippen molar-refractivity contribution in [2.24, 2.45) is 5.41 Å². The molecule has 2 aromatic rings. The second-order valence-corrected chi connectivity index (χ2v) is 9.96. The molecule has 2 aliphatic rings. The van der Waals surface area contributed by atoms with Crippen LogP contribution in [-0.4, -0.2) is 0 Å². The highest BCUT2D eigenvalue weighted by molar-refractivity contribution is 5.80. The Balaban J connectivity index is 1.59. The van der Waals surface area contributed by atoms with Gasteiger partial charge >= 0.3 is 0 Å². The zero-order valence-corrected chi connectivity index (χ0v) is 19.3. The molecular weight excluding hydrogens is 360 g/mol. The molecule has 0 bridgehead atoms. The van der Waals surface area contributed by atoms with Gasteiger partial charge in [-0.1, -0.05) is 113 Å². The molecule has 0 N–H and O–H groups in total. The van der Waals surface area contributed by atoms with Crippen molar-refractivity contribution in [3.8, 4) is 11.1 Å². The van der Waals surface area contributed by atoms with Gasteiger partial charge in [-0.25, -0.2) is 0 Å². The third kappa shape index (κ3) is 4.90. The first-order valence-electron chi connectivity index (χ1n) is 12.6. The van der Waals surface area contributed by atoms with Gasteiger partial charge in [0.1, 0.15) is 0 Å². The van der Waals surface area contributed by atoms with Crippen molar-refractivity contribution in [2.75, 3.05) is 0 Å². The molecule has 0 heterocycles. The van der Waals surface area contributed by atoms with Crippen molar-refractivity contribution < 1.29 is 0 Å². The number of allylic oxidation sites excluding steroid dienone is 1. The number of rotatable bonds is 6. The van der Waals surface area contributed by atoms with Gasteiger partial charge in [0.15, 0.2) is 0 Å². The van der Waals surface area contributed by atoms with Crippen LogP contribution >= 0.6 is 0 Å². The molecule has 1 saturated carbocycles. The van der Waals surface area contributed by atoms with Crippen LogP contribution < -0.4 is 0 Å². The predicted octanol–water partition coefficient (Wildman–Crippen LogP) is 9.17. The average Bonchev–Trinajstić information content (AvgIpc) is 3.21. The summed E-state index contributed by atoms with van der Waals surface area (Å²) in [7, 11) is 0. The molecule has 0 nitrogen and oxygen atoms in total. The van der Waals surface area contributed by atoms with Crippen molar-refractivity contribution in [1.82, 2.24) is 0 Å². The molecule has 0 aromatic heterocycles. The van der Waals surface area contributed by atoms with Crippen molar-refractivity contribution >= 4 is 6.08 Å². The second kappa shape index (κ2) is 9.99. The Kier molecular flexibility index (Phi) is 7.13. The SMILES string of the molecule is CCCC1(CC2=Cc3c(cccc3-c3ccc(CC)cc3)C2)CCCCCCCC1. The van der Waals surface area contributed by atoms with E-state index in [0.29, 0.717) is 5.41 Å². The summed E-state index contributed by atoms with van der Waals surface area (Å²) in [6, 6.07) is 16.2. The summed E-state index contributed by atoms with van der Waals surface area (Å²) in [5.41, 5.74) is 9.48. The van der Waals surface area contributed by atoms with Gasteiger partial charge in [-0.3, -0.25) is 0 Å². The molecule has 30 heavy (non-hydrogen) atoms. The normalized spacial score (nSPS) is 18.8. The first-order chi connectivity index (χ1) is 14.7. The fourth-order valence-electron chi connectivity index (χ4n) is 6.08. The van der Waals surface area contributed by atoms with Crippen LogP contribution in [0.2, 0.25) is 0 Å². The van der Waals surface area contributed by atoms with E-state index in [9.17, 15) is 0 Å². The molecule has 0 heteroatoms. The molecule has 0 atom stereocenters. The highest BCUT2D eigenvalue weighted by Crippen LogP contribution is 2.46. The molecule has 0 saturated heterocycles. The lowest BCUT2D eigenvalue weighted by Crippen LogP contribution is -2.22. The molecule has 0 radical (unpaired) electrons. The maximum absolute atomic E-state index is 2.57.